The number of anilines is 1. The number of carbonyl (C=O) groups excluding carboxylic acids is 1. The normalized spacial score (nSPS) is 14.1. The third-order valence-electron chi connectivity index (χ3n) is 3.21. The minimum Gasteiger partial charge on any atom is -0.356 e. The van der Waals surface area contributed by atoms with Crippen LogP contribution in [0.2, 0.25) is 0 Å². The molecular weight excluding hydrogens is 230 g/mol. The van der Waals surface area contributed by atoms with Crippen LogP contribution in [0.3, 0.4) is 0 Å². The zero-order valence-electron chi connectivity index (χ0n) is 10.0. The summed E-state index contributed by atoms with van der Waals surface area (Å²) in [6.07, 6.45) is 0.442. The fraction of sp³-hybridized carbons (Fsp3) is 0.231. The molecule has 0 spiro atoms. The van der Waals surface area contributed by atoms with Gasteiger partial charge in [0.25, 0.3) is 0 Å². The van der Waals surface area contributed by atoms with Crippen molar-refractivity contribution in [2.24, 2.45) is 5.73 Å². The second-order valence-corrected chi connectivity index (χ2v) is 4.36. The van der Waals surface area contributed by atoms with Crippen LogP contribution in [-0.2, 0) is 17.8 Å². The predicted molar refractivity (Wildman–Crippen MR) is 66.9 cm³/mol. The Bertz CT molecular complexity index is 618. The Hall–Kier alpha value is -2.14. The molecule has 0 saturated carbocycles. The highest BCUT2D eigenvalue weighted by Gasteiger charge is 2.24. The quantitative estimate of drug-likeness (QED) is 0.863. The fourth-order valence-corrected chi connectivity index (χ4v) is 2.17. The zero-order chi connectivity index (χ0) is 12.7. The van der Waals surface area contributed by atoms with E-state index in [1.54, 1.807) is 11.9 Å². The third kappa shape index (κ3) is 1.60. The number of hydrogen-bond donors (Lipinski definition) is 1. The lowest BCUT2D eigenvalue weighted by atomic mass is 10.1. The predicted octanol–water partition coefficient (Wildman–Crippen LogP) is 1.32. The maximum absolute atomic E-state index is 11.6. The summed E-state index contributed by atoms with van der Waals surface area (Å²) in [6, 6.07) is 7.65. The molecule has 0 unspecified atom stereocenters. The van der Waals surface area contributed by atoms with Gasteiger partial charge < -0.3 is 15.2 Å². The number of amides is 1. The molecule has 2 heterocycles. The summed E-state index contributed by atoms with van der Waals surface area (Å²) >= 11 is 0. The molecule has 1 amide bonds. The maximum Gasteiger partial charge on any atom is 0.231 e. The molecule has 0 atom stereocenters. The Kier molecular flexibility index (Phi) is 2.41. The number of rotatable bonds is 2. The molecule has 18 heavy (non-hydrogen) atoms. The van der Waals surface area contributed by atoms with Crippen LogP contribution in [0.1, 0.15) is 11.3 Å². The van der Waals surface area contributed by atoms with Crippen molar-refractivity contribution in [2.75, 3.05) is 11.9 Å². The number of likely N-dealkylation sites (N-methyl/N-ethyl adjacent to an activating group) is 1. The van der Waals surface area contributed by atoms with E-state index in [1.807, 2.05) is 24.3 Å². The van der Waals surface area contributed by atoms with E-state index in [0.717, 1.165) is 22.5 Å². The van der Waals surface area contributed by atoms with Crippen molar-refractivity contribution in [3.63, 3.8) is 0 Å². The van der Waals surface area contributed by atoms with Crippen LogP contribution in [0.5, 0.6) is 0 Å². The highest BCUT2D eigenvalue weighted by Crippen LogP contribution is 2.32. The van der Waals surface area contributed by atoms with Crippen LogP contribution in [0.4, 0.5) is 5.69 Å². The molecule has 1 aromatic carbocycles. The lowest BCUT2D eigenvalue weighted by molar-refractivity contribution is -0.117. The number of hydrogen-bond acceptors (Lipinski definition) is 4. The molecule has 1 aliphatic heterocycles. The fourth-order valence-electron chi connectivity index (χ4n) is 2.17. The minimum absolute atomic E-state index is 0.113. The summed E-state index contributed by atoms with van der Waals surface area (Å²) in [6.45, 7) is 0.357. The molecule has 0 saturated heterocycles. The molecule has 1 aromatic heterocycles. The summed E-state index contributed by atoms with van der Waals surface area (Å²) in [5.41, 5.74) is 9.12. The van der Waals surface area contributed by atoms with Gasteiger partial charge in [0.2, 0.25) is 5.91 Å². The molecule has 2 N–H and O–H groups in total. The average Bonchev–Trinajstić information content (AvgIpc) is 2.95. The molecule has 5 nitrogen and oxygen atoms in total. The van der Waals surface area contributed by atoms with Crippen LogP contribution in [0, 0.1) is 0 Å². The molecule has 1 aliphatic rings. The number of fused-ring (bicyclic) bond motifs is 1. The van der Waals surface area contributed by atoms with Crippen molar-refractivity contribution in [1.82, 2.24) is 5.16 Å². The monoisotopic (exact) mass is 243 g/mol. The van der Waals surface area contributed by atoms with E-state index >= 15 is 0 Å². The first-order valence-corrected chi connectivity index (χ1v) is 5.74. The van der Waals surface area contributed by atoms with Gasteiger partial charge in [0.15, 0.2) is 5.76 Å². The van der Waals surface area contributed by atoms with E-state index in [2.05, 4.69) is 5.16 Å². The highest BCUT2D eigenvalue weighted by atomic mass is 16.5. The van der Waals surface area contributed by atoms with Crippen molar-refractivity contribution in [1.29, 1.82) is 0 Å². The second kappa shape index (κ2) is 3.96. The van der Waals surface area contributed by atoms with Crippen molar-refractivity contribution >= 4 is 11.6 Å². The zero-order valence-corrected chi connectivity index (χ0v) is 10.0. The van der Waals surface area contributed by atoms with Gasteiger partial charge in [0.05, 0.1) is 12.1 Å². The van der Waals surface area contributed by atoms with Gasteiger partial charge in [-0.3, -0.25) is 4.79 Å². The molecule has 92 valence electrons. The second-order valence-electron chi connectivity index (χ2n) is 4.36. The van der Waals surface area contributed by atoms with E-state index in [0.29, 0.717) is 18.7 Å². The van der Waals surface area contributed by atoms with Gasteiger partial charge in [-0.25, -0.2) is 0 Å². The van der Waals surface area contributed by atoms with E-state index < -0.39 is 0 Å². The van der Waals surface area contributed by atoms with Crippen LogP contribution in [0.25, 0.3) is 11.3 Å². The summed E-state index contributed by atoms with van der Waals surface area (Å²) in [4.78, 5) is 13.3. The van der Waals surface area contributed by atoms with Crippen molar-refractivity contribution < 1.29 is 9.32 Å². The Morgan fingerprint density at radius 1 is 1.44 bits per heavy atom. The molecule has 3 rings (SSSR count). The number of benzene rings is 1. The van der Waals surface area contributed by atoms with Gasteiger partial charge in [0, 0.05) is 30.9 Å². The van der Waals surface area contributed by atoms with E-state index in [-0.39, 0.29) is 5.91 Å². The van der Waals surface area contributed by atoms with Crippen LogP contribution in [0.15, 0.2) is 28.8 Å². The molecule has 0 aliphatic carbocycles. The SMILES string of the molecule is CN1C(=O)Cc2cc(-c3cc(CN)no3)ccc21. The van der Waals surface area contributed by atoms with Crippen molar-refractivity contribution in [3.8, 4) is 11.3 Å². The molecule has 0 bridgehead atoms. The van der Waals surface area contributed by atoms with Crippen LogP contribution >= 0.6 is 0 Å². The molecule has 2 aromatic rings. The van der Waals surface area contributed by atoms with Gasteiger partial charge in [-0.05, 0) is 23.8 Å². The Morgan fingerprint density at radius 2 is 2.28 bits per heavy atom. The van der Waals surface area contributed by atoms with Crippen molar-refractivity contribution in [3.05, 3.63) is 35.5 Å². The summed E-state index contributed by atoms with van der Waals surface area (Å²) in [5.74, 6) is 0.794. The third-order valence-corrected chi connectivity index (χ3v) is 3.21. The van der Waals surface area contributed by atoms with Gasteiger partial charge in [-0.2, -0.15) is 0 Å². The molecule has 0 fully saturated rings. The van der Waals surface area contributed by atoms with E-state index in [1.165, 1.54) is 0 Å². The largest absolute Gasteiger partial charge is 0.356 e. The van der Waals surface area contributed by atoms with Gasteiger partial charge in [-0.15, -0.1) is 0 Å². The first-order valence-electron chi connectivity index (χ1n) is 5.74. The Labute approximate surface area is 104 Å². The minimum atomic E-state index is 0.113. The number of nitrogens with two attached hydrogens (primary N) is 1. The lowest BCUT2D eigenvalue weighted by Crippen LogP contribution is -2.20. The average molecular weight is 243 g/mol. The Balaban J connectivity index is 2.01. The topological polar surface area (TPSA) is 72.4 Å². The number of aromatic nitrogens is 1. The van der Waals surface area contributed by atoms with E-state index in [4.69, 9.17) is 10.3 Å². The number of nitrogens with zero attached hydrogens (tertiary/aromatic N) is 2. The number of carbonyl (C=O) groups is 1. The summed E-state index contributed by atoms with van der Waals surface area (Å²) in [5, 5.41) is 3.86. The van der Waals surface area contributed by atoms with Gasteiger partial charge in [0.1, 0.15) is 0 Å². The standard InChI is InChI=1S/C13H13N3O2/c1-16-11-3-2-8(4-9(11)5-13(16)17)12-6-10(7-14)15-18-12/h2-4,6H,5,7,14H2,1H3. The lowest BCUT2D eigenvalue weighted by Gasteiger charge is -2.09. The maximum atomic E-state index is 11.6. The first-order chi connectivity index (χ1) is 8.69. The van der Waals surface area contributed by atoms with Gasteiger partial charge in [-0.1, -0.05) is 5.16 Å². The molecule has 0 radical (unpaired) electrons. The first kappa shape index (κ1) is 11.0. The molecule has 5 heteroatoms. The summed E-state index contributed by atoms with van der Waals surface area (Å²) in [7, 11) is 1.79. The van der Waals surface area contributed by atoms with E-state index in [9.17, 15) is 4.79 Å². The van der Waals surface area contributed by atoms with Crippen molar-refractivity contribution in [2.45, 2.75) is 13.0 Å². The van der Waals surface area contributed by atoms with Crippen LogP contribution < -0.4 is 10.6 Å². The van der Waals surface area contributed by atoms with Gasteiger partial charge >= 0.3 is 0 Å². The Morgan fingerprint density at radius 3 is 3.00 bits per heavy atom. The molecular formula is C13H13N3O2. The highest BCUT2D eigenvalue weighted by molar-refractivity contribution is 6.01. The smallest absolute Gasteiger partial charge is 0.231 e. The summed E-state index contributed by atoms with van der Waals surface area (Å²) < 4.78 is 5.23. The van der Waals surface area contributed by atoms with Crippen LogP contribution in [-0.4, -0.2) is 18.1 Å².